The van der Waals surface area contributed by atoms with E-state index in [1.807, 2.05) is 0 Å². The fourth-order valence-corrected chi connectivity index (χ4v) is 0.919. The van der Waals surface area contributed by atoms with Crippen LogP contribution in [-0.4, -0.2) is 16.7 Å². The lowest BCUT2D eigenvalue weighted by Gasteiger charge is -2.19. The molecule has 0 fully saturated rings. The lowest BCUT2D eigenvalue weighted by molar-refractivity contribution is 0.0635. The number of pyridine rings is 1. The standard InChI is InChI=1S/C10H12F2N2O2/c1-10(2,3)16-9(15)13-6-4-5-7(11)14-8(6)12/h4-5H,1-3H3,(H,13,15). The van der Waals surface area contributed by atoms with Gasteiger partial charge in [-0.05, 0) is 32.9 Å². The van der Waals surface area contributed by atoms with Crippen LogP contribution in [0.5, 0.6) is 0 Å². The third-order valence-corrected chi connectivity index (χ3v) is 1.45. The number of carbonyl (C=O) groups excluding carboxylic acids is 1. The number of amides is 1. The highest BCUT2D eigenvalue weighted by Crippen LogP contribution is 2.14. The van der Waals surface area contributed by atoms with Crippen molar-refractivity contribution in [3.05, 3.63) is 24.0 Å². The number of hydrogen-bond acceptors (Lipinski definition) is 3. The Morgan fingerprint density at radius 3 is 2.50 bits per heavy atom. The SMILES string of the molecule is CC(C)(C)OC(=O)Nc1ccc(F)nc1F. The second-order valence-electron chi connectivity index (χ2n) is 4.10. The van der Waals surface area contributed by atoms with E-state index in [0.29, 0.717) is 0 Å². The minimum absolute atomic E-state index is 0.226. The van der Waals surface area contributed by atoms with Gasteiger partial charge in [-0.25, -0.2) is 4.79 Å². The maximum Gasteiger partial charge on any atom is 0.412 e. The predicted molar refractivity (Wildman–Crippen MR) is 54.0 cm³/mol. The Morgan fingerprint density at radius 1 is 1.38 bits per heavy atom. The van der Waals surface area contributed by atoms with Crippen LogP contribution >= 0.6 is 0 Å². The molecule has 0 radical (unpaired) electrons. The number of anilines is 1. The second kappa shape index (κ2) is 4.42. The molecule has 6 heteroatoms. The van der Waals surface area contributed by atoms with E-state index in [1.165, 1.54) is 0 Å². The molecule has 16 heavy (non-hydrogen) atoms. The zero-order valence-corrected chi connectivity index (χ0v) is 9.17. The lowest BCUT2D eigenvalue weighted by Crippen LogP contribution is -2.27. The Labute approximate surface area is 91.6 Å². The molecular weight excluding hydrogens is 218 g/mol. The minimum Gasteiger partial charge on any atom is -0.444 e. The zero-order chi connectivity index (χ0) is 12.3. The van der Waals surface area contributed by atoms with Crippen LogP contribution in [0.2, 0.25) is 0 Å². The smallest absolute Gasteiger partial charge is 0.412 e. The summed E-state index contributed by atoms with van der Waals surface area (Å²) < 4.78 is 30.4. The molecule has 0 bridgehead atoms. The highest BCUT2D eigenvalue weighted by Gasteiger charge is 2.17. The van der Waals surface area contributed by atoms with Crippen molar-refractivity contribution in [3.63, 3.8) is 0 Å². The highest BCUT2D eigenvalue weighted by atomic mass is 19.1. The molecule has 1 N–H and O–H groups in total. The molecule has 0 spiro atoms. The van der Waals surface area contributed by atoms with Gasteiger partial charge in [-0.3, -0.25) is 5.32 Å². The number of aromatic nitrogens is 1. The van der Waals surface area contributed by atoms with E-state index in [9.17, 15) is 13.6 Å². The van der Waals surface area contributed by atoms with Crippen molar-refractivity contribution >= 4 is 11.8 Å². The van der Waals surface area contributed by atoms with Gasteiger partial charge < -0.3 is 4.74 Å². The number of rotatable bonds is 1. The Hall–Kier alpha value is -1.72. The number of nitrogens with one attached hydrogen (secondary N) is 1. The van der Waals surface area contributed by atoms with E-state index in [2.05, 4.69) is 10.3 Å². The van der Waals surface area contributed by atoms with Crippen LogP contribution in [0.3, 0.4) is 0 Å². The first kappa shape index (κ1) is 12.4. The third kappa shape index (κ3) is 3.80. The average molecular weight is 230 g/mol. The summed E-state index contributed by atoms with van der Waals surface area (Å²) in [6.07, 6.45) is -0.820. The molecule has 1 aromatic rings. The van der Waals surface area contributed by atoms with Gasteiger partial charge in [-0.1, -0.05) is 0 Å². The van der Waals surface area contributed by atoms with Gasteiger partial charge in [0.2, 0.25) is 11.9 Å². The number of nitrogens with zero attached hydrogens (tertiary/aromatic N) is 1. The first-order chi connectivity index (χ1) is 7.28. The number of halogens is 2. The summed E-state index contributed by atoms with van der Waals surface area (Å²) in [6.45, 7) is 5.02. The second-order valence-corrected chi connectivity index (χ2v) is 4.10. The van der Waals surface area contributed by atoms with Crippen LogP contribution in [0.15, 0.2) is 12.1 Å². The molecule has 0 aliphatic heterocycles. The van der Waals surface area contributed by atoms with Crippen LogP contribution in [0.4, 0.5) is 19.3 Å². The van der Waals surface area contributed by atoms with Crippen molar-refractivity contribution in [1.82, 2.24) is 4.98 Å². The fraction of sp³-hybridized carbons (Fsp3) is 0.400. The van der Waals surface area contributed by atoms with Gasteiger partial charge in [0, 0.05) is 0 Å². The van der Waals surface area contributed by atoms with Crippen molar-refractivity contribution in [2.24, 2.45) is 0 Å². The normalized spacial score (nSPS) is 11.1. The third-order valence-electron chi connectivity index (χ3n) is 1.45. The summed E-state index contributed by atoms with van der Waals surface area (Å²) in [5.74, 6) is -2.04. The first-order valence-corrected chi connectivity index (χ1v) is 4.60. The van der Waals surface area contributed by atoms with Crippen LogP contribution < -0.4 is 5.32 Å². The molecule has 4 nitrogen and oxygen atoms in total. The largest absolute Gasteiger partial charge is 0.444 e. The molecule has 0 unspecified atom stereocenters. The number of carbonyl (C=O) groups is 1. The van der Waals surface area contributed by atoms with Gasteiger partial charge in [-0.15, -0.1) is 0 Å². The molecule has 0 aliphatic carbocycles. The van der Waals surface area contributed by atoms with Crippen LogP contribution in [0, 0.1) is 11.9 Å². The Balaban J connectivity index is 2.70. The summed E-state index contributed by atoms with van der Waals surface area (Å²) in [6, 6.07) is 2.01. The van der Waals surface area contributed by atoms with E-state index < -0.39 is 23.6 Å². The first-order valence-electron chi connectivity index (χ1n) is 4.60. The molecular formula is C10H12F2N2O2. The molecule has 0 saturated carbocycles. The molecule has 0 saturated heterocycles. The molecule has 0 aliphatic rings. The van der Waals surface area contributed by atoms with Crippen molar-refractivity contribution in [1.29, 1.82) is 0 Å². The van der Waals surface area contributed by atoms with Crippen LogP contribution in [0.1, 0.15) is 20.8 Å². The van der Waals surface area contributed by atoms with E-state index in [1.54, 1.807) is 20.8 Å². The van der Waals surface area contributed by atoms with Gasteiger partial charge in [0.05, 0.1) is 5.69 Å². The molecule has 88 valence electrons. The van der Waals surface area contributed by atoms with Gasteiger partial charge in [-0.2, -0.15) is 13.8 Å². The lowest BCUT2D eigenvalue weighted by atomic mass is 10.2. The average Bonchev–Trinajstić information content (AvgIpc) is 2.06. The predicted octanol–water partition coefficient (Wildman–Crippen LogP) is 2.71. The van der Waals surface area contributed by atoms with Gasteiger partial charge in [0.25, 0.3) is 0 Å². The minimum atomic E-state index is -1.09. The van der Waals surface area contributed by atoms with Crippen molar-refractivity contribution in [2.75, 3.05) is 5.32 Å². The van der Waals surface area contributed by atoms with Gasteiger partial charge in [0.15, 0.2) is 0 Å². The fourth-order valence-electron chi connectivity index (χ4n) is 0.919. The summed E-state index contributed by atoms with van der Waals surface area (Å²) in [5.41, 5.74) is -0.913. The zero-order valence-electron chi connectivity index (χ0n) is 9.17. The topological polar surface area (TPSA) is 51.2 Å². The van der Waals surface area contributed by atoms with E-state index in [-0.39, 0.29) is 5.69 Å². The molecule has 0 atom stereocenters. The number of ether oxygens (including phenoxy) is 1. The van der Waals surface area contributed by atoms with Crippen LogP contribution in [-0.2, 0) is 4.74 Å². The number of hydrogen-bond donors (Lipinski definition) is 1. The van der Waals surface area contributed by atoms with Crippen molar-refractivity contribution < 1.29 is 18.3 Å². The Kier molecular flexibility index (Phi) is 3.41. The van der Waals surface area contributed by atoms with Crippen molar-refractivity contribution in [2.45, 2.75) is 26.4 Å². The maximum atomic E-state index is 13.0. The van der Waals surface area contributed by atoms with Crippen LogP contribution in [0.25, 0.3) is 0 Å². The van der Waals surface area contributed by atoms with E-state index in [0.717, 1.165) is 12.1 Å². The molecule has 0 aromatic carbocycles. The molecule has 1 rings (SSSR count). The summed E-state index contributed by atoms with van der Waals surface area (Å²) in [7, 11) is 0. The summed E-state index contributed by atoms with van der Waals surface area (Å²) in [4.78, 5) is 14.2. The van der Waals surface area contributed by atoms with Crippen molar-refractivity contribution in [3.8, 4) is 0 Å². The summed E-state index contributed by atoms with van der Waals surface area (Å²) in [5, 5.41) is 2.13. The monoisotopic (exact) mass is 230 g/mol. The highest BCUT2D eigenvalue weighted by molar-refractivity contribution is 5.84. The molecule has 1 aromatic heterocycles. The maximum absolute atomic E-state index is 13.0. The Morgan fingerprint density at radius 2 is 2.00 bits per heavy atom. The van der Waals surface area contributed by atoms with E-state index in [4.69, 9.17) is 4.74 Å². The molecule has 1 heterocycles. The van der Waals surface area contributed by atoms with Gasteiger partial charge in [0.1, 0.15) is 5.60 Å². The van der Waals surface area contributed by atoms with Gasteiger partial charge >= 0.3 is 6.09 Å². The Bertz CT molecular complexity index is 402. The summed E-state index contributed by atoms with van der Waals surface area (Å²) >= 11 is 0. The quantitative estimate of drug-likeness (QED) is 0.754. The van der Waals surface area contributed by atoms with E-state index >= 15 is 0 Å². The molecule has 1 amide bonds.